The number of nitrogens with one attached hydrogen (secondary N) is 1. The molecular formula is C37H49ClN8O3. The average molecular weight is 689 g/mol. The standard InChI is InChI=1S/C37H49ClN8O3/c1-24-18-25(20-32(38)34(24)39)19-27(36(48)45-16-14-43(15-17-45)31-22-29-8-9-30(23-31)42(29)2)21-33(47)44-12-10-28(11-13-44)46-37(49)40-35(41-46)26-6-4-3-5-7-26/h3-7,18,20,27-31H,8-17,19,21-23,39H2,1-2H3,(H,40,41,49)/t27-,29?,30?,31?/m0/s1. The highest BCUT2D eigenvalue weighted by Gasteiger charge is 2.41. The molecule has 49 heavy (non-hydrogen) atoms. The van der Waals surface area contributed by atoms with Gasteiger partial charge in [0.1, 0.15) is 0 Å². The zero-order valence-electron chi connectivity index (χ0n) is 28.7. The number of H-pyrrole nitrogens is 1. The highest BCUT2D eigenvalue weighted by atomic mass is 35.5. The van der Waals surface area contributed by atoms with Crippen LogP contribution < -0.4 is 11.4 Å². The summed E-state index contributed by atoms with van der Waals surface area (Å²) in [5.41, 5.74) is 9.06. The Balaban J connectivity index is 0.998. The molecule has 2 aromatic carbocycles. The number of hydrogen-bond acceptors (Lipinski definition) is 7. The Bertz CT molecular complexity index is 1670. The molecule has 5 heterocycles. The Morgan fingerprint density at radius 2 is 1.59 bits per heavy atom. The summed E-state index contributed by atoms with van der Waals surface area (Å²) in [5, 5.41) is 5.05. The zero-order valence-corrected chi connectivity index (χ0v) is 29.4. The van der Waals surface area contributed by atoms with Crippen molar-refractivity contribution >= 4 is 29.1 Å². The van der Waals surface area contributed by atoms with Crippen LogP contribution in [0, 0.1) is 12.8 Å². The van der Waals surface area contributed by atoms with Gasteiger partial charge >= 0.3 is 5.69 Å². The van der Waals surface area contributed by atoms with E-state index in [-0.39, 0.29) is 30.0 Å². The third-order valence-corrected chi connectivity index (χ3v) is 12.0. The van der Waals surface area contributed by atoms with Gasteiger partial charge in [-0.25, -0.2) is 9.48 Å². The normalized spacial score (nSPS) is 24.3. The number of benzene rings is 2. The molecular weight excluding hydrogens is 640 g/mol. The second-order valence-corrected chi connectivity index (χ2v) is 15.1. The van der Waals surface area contributed by atoms with Crippen molar-refractivity contribution in [1.29, 1.82) is 0 Å². The third kappa shape index (κ3) is 7.16. The van der Waals surface area contributed by atoms with Crippen LogP contribution in [-0.4, -0.2) is 111 Å². The predicted octanol–water partition coefficient (Wildman–Crippen LogP) is 3.96. The minimum absolute atomic E-state index is 0.0325. The Morgan fingerprint density at radius 1 is 0.918 bits per heavy atom. The number of piperazine rings is 1. The fraction of sp³-hybridized carbons (Fsp3) is 0.568. The molecule has 3 aromatic rings. The van der Waals surface area contributed by atoms with Crippen molar-refractivity contribution in [3.8, 4) is 11.4 Å². The van der Waals surface area contributed by atoms with E-state index >= 15 is 0 Å². The number of piperidine rings is 2. The van der Waals surface area contributed by atoms with Crippen LogP contribution in [0.1, 0.15) is 62.1 Å². The number of fused-ring (bicyclic) bond motifs is 2. The molecule has 11 nitrogen and oxygen atoms in total. The number of anilines is 1. The van der Waals surface area contributed by atoms with Gasteiger partial charge in [-0.1, -0.05) is 48.0 Å². The summed E-state index contributed by atoms with van der Waals surface area (Å²) in [4.78, 5) is 52.7. The van der Waals surface area contributed by atoms with Crippen LogP contribution in [0.15, 0.2) is 47.3 Å². The summed E-state index contributed by atoms with van der Waals surface area (Å²) >= 11 is 6.46. The second-order valence-electron chi connectivity index (χ2n) is 14.7. The summed E-state index contributed by atoms with van der Waals surface area (Å²) in [6, 6.07) is 15.3. The van der Waals surface area contributed by atoms with Gasteiger partial charge in [-0.3, -0.25) is 19.5 Å². The van der Waals surface area contributed by atoms with Crippen LogP contribution in [0.4, 0.5) is 5.69 Å². The van der Waals surface area contributed by atoms with Crippen LogP contribution >= 0.6 is 11.6 Å². The summed E-state index contributed by atoms with van der Waals surface area (Å²) < 4.78 is 1.53. The molecule has 2 amide bonds. The first-order valence-electron chi connectivity index (χ1n) is 18.0. The quantitative estimate of drug-likeness (QED) is 0.344. The molecule has 2 bridgehead atoms. The monoisotopic (exact) mass is 688 g/mol. The molecule has 4 saturated heterocycles. The number of rotatable bonds is 8. The maximum atomic E-state index is 14.2. The van der Waals surface area contributed by atoms with Gasteiger partial charge in [-0.05, 0) is 76.1 Å². The number of nitrogens with zero attached hydrogens (tertiary/aromatic N) is 6. The molecule has 4 aliphatic heterocycles. The molecule has 3 N–H and O–H groups in total. The second kappa shape index (κ2) is 14.3. The van der Waals surface area contributed by atoms with E-state index in [1.807, 2.05) is 59.2 Å². The average Bonchev–Trinajstić information content (AvgIpc) is 3.58. The number of halogens is 1. The number of carbonyl (C=O) groups excluding carboxylic acids is 2. The Labute approximate surface area is 293 Å². The third-order valence-electron chi connectivity index (χ3n) is 11.7. The molecule has 0 radical (unpaired) electrons. The molecule has 0 aliphatic carbocycles. The summed E-state index contributed by atoms with van der Waals surface area (Å²) in [7, 11) is 2.27. The molecule has 4 aliphatic rings. The van der Waals surface area contributed by atoms with Gasteiger partial charge in [0.2, 0.25) is 11.8 Å². The number of amides is 2. The molecule has 12 heteroatoms. The molecule has 1 aromatic heterocycles. The van der Waals surface area contributed by atoms with Crippen LogP contribution in [0.5, 0.6) is 0 Å². The molecule has 0 saturated carbocycles. The van der Waals surface area contributed by atoms with Gasteiger partial charge < -0.3 is 20.4 Å². The van der Waals surface area contributed by atoms with E-state index in [4.69, 9.17) is 17.3 Å². The number of hydrogen-bond donors (Lipinski definition) is 2. The van der Waals surface area contributed by atoms with Crippen LogP contribution in [0.2, 0.25) is 5.02 Å². The van der Waals surface area contributed by atoms with Crippen LogP contribution in [0.25, 0.3) is 11.4 Å². The van der Waals surface area contributed by atoms with Crippen molar-refractivity contribution in [2.75, 3.05) is 52.0 Å². The van der Waals surface area contributed by atoms with Crippen LogP contribution in [-0.2, 0) is 16.0 Å². The summed E-state index contributed by atoms with van der Waals surface area (Å²) in [6.07, 6.45) is 6.83. The van der Waals surface area contributed by atoms with Gasteiger partial charge in [-0.2, -0.15) is 0 Å². The number of aryl methyl sites for hydroxylation is 1. The number of nitrogen functional groups attached to an aromatic ring is 1. The van der Waals surface area contributed by atoms with Gasteiger partial charge in [0.25, 0.3) is 0 Å². The van der Waals surface area contributed by atoms with E-state index in [2.05, 4.69) is 26.9 Å². The van der Waals surface area contributed by atoms with E-state index in [1.165, 1.54) is 30.4 Å². The number of carbonyl (C=O) groups is 2. The van der Waals surface area contributed by atoms with Crippen molar-refractivity contribution in [2.45, 2.75) is 82.5 Å². The Hall–Kier alpha value is -3.67. The highest BCUT2D eigenvalue weighted by molar-refractivity contribution is 6.33. The molecule has 262 valence electrons. The topological polar surface area (TPSA) is 124 Å². The van der Waals surface area contributed by atoms with E-state index < -0.39 is 5.92 Å². The maximum Gasteiger partial charge on any atom is 0.343 e. The number of nitrogens with two attached hydrogens (primary N) is 1. The largest absolute Gasteiger partial charge is 0.397 e. The molecule has 2 unspecified atom stereocenters. The smallest absolute Gasteiger partial charge is 0.343 e. The minimum atomic E-state index is -0.502. The van der Waals surface area contributed by atoms with Crippen molar-refractivity contribution < 1.29 is 9.59 Å². The van der Waals surface area contributed by atoms with Gasteiger partial charge in [-0.15, -0.1) is 5.10 Å². The van der Waals surface area contributed by atoms with Crippen LogP contribution in [0.3, 0.4) is 0 Å². The minimum Gasteiger partial charge on any atom is -0.397 e. The Morgan fingerprint density at radius 3 is 2.24 bits per heavy atom. The fourth-order valence-corrected chi connectivity index (χ4v) is 9.02. The van der Waals surface area contributed by atoms with Crippen molar-refractivity contribution in [1.82, 2.24) is 34.4 Å². The molecule has 7 rings (SSSR count). The van der Waals surface area contributed by atoms with Gasteiger partial charge in [0.15, 0.2) is 5.82 Å². The van der Waals surface area contributed by atoms with Gasteiger partial charge in [0, 0.05) is 69.4 Å². The zero-order chi connectivity index (χ0) is 34.2. The van der Waals surface area contributed by atoms with E-state index in [0.717, 1.165) is 29.8 Å². The predicted molar refractivity (Wildman–Crippen MR) is 191 cm³/mol. The Kier molecular flexibility index (Phi) is 9.86. The lowest BCUT2D eigenvalue weighted by Crippen LogP contribution is -2.56. The lowest BCUT2D eigenvalue weighted by Gasteiger charge is -2.45. The fourth-order valence-electron chi connectivity index (χ4n) is 8.73. The first kappa shape index (κ1) is 33.8. The summed E-state index contributed by atoms with van der Waals surface area (Å²) in [5.74, 6) is 0.0449. The van der Waals surface area contributed by atoms with E-state index in [9.17, 15) is 14.4 Å². The van der Waals surface area contributed by atoms with Crippen molar-refractivity contribution in [2.24, 2.45) is 5.92 Å². The molecule has 0 spiro atoms. The molecule has 3 atom stereocenters. The number of likely N-dealkylation sites (tertiary alicyclic amines) is 1. The maximum absolute atomic E-state index is 14.2. The lowest BCUT2D eigenvalue weighted by molar-refractivity contribution is -0.143. The first-order valence-corrected chi connectivity index (χ1v) is 18.3. The number of aromatic nitrogens is 3. The van der Waals surface area contributed by atoms with E-state index in [1.54, 1.807) is 0 Å². The van der Waals surface area contributed by atoms with E-state index in [0.29, 0.717) is 80.1 Å². The van der Waals surface area contributed by atoms with Gasteiger partial charge in [0.05, 0.1) is 22.7 Å². The lowest BCUT2D eigenvalue weighted by atomic mass is 9.92. The first-order chi connectivity index (χ1) is 23.6. The number of aromatic amines is 1. The summed E-state index contributed by atoms with van der Waals surface area (Å²) in [6.45, 7) is 6.04. The highest BCUT2D eigenvalue weighted by Crippen LogP contribution is 2.37. The molecule has 4 fully saturated rings. The SMILES string of the molecule is Cc1cc(C[C@@H](CC(=O)N2CCC(n3nc(-c4ccccc4)[nH]c3=O)CC2)C(=O)N2CCN(C3CC4CCC(C3)N4C)CC2)cc(Cl)c1N. The van der Waals surface area contributed by atoms with Crippen molar-refractivity contribution in [3.05, 3.63) is 69.1 Å². The van der Waals surface area contributed by atoms with Crippen molar-refractivity contribution in [3.63, 3.8) is 0 Å².